The van der Waals surface area contributed by atoms with E-state index in [0.29, 0.717) is 18.0 Å². The molecule has 0 spiro atoms. The van der Waals surface area contributed by atoms with Crippen molar-refractivity contribution in [2.75, 3.05) is 26.2 Å². The first kappa shape index (κ1) is 19.3. The van der Waals surface area contributed by atoms with Crippen molar-refractivity contribution in [3.63, 3.8) is 0 Å². The van der Waals surface area contributed by atoms with Gasteiger partial charge in [0.05, 0.1) is 0 Å². The SMILES string of the molecule is CCCN1CCC(CNC(=O)C=Cc2ccc(OC(F)(F)F)cc2)C1. The molecular formula is C18H23F3N2O2. The molecule has 0 saturated carbocycles. The zero-order valence-electron chi connectivity index (χ0n) is 14.2. The maximum Gasteiger partial charge on any atom is 0.573 e. The van der Waals surface area contributed by atoms with E-state index in [1.165, 1.54) is 30.3 Å². The van der Waals surface area contributed by atoms with Crippen molar-refractivity contribution in [3.05, 3.63) is 35.9 Å². The number of hydrogen-bond donors (Lipinski definition) is 1. The summed E-state index contributed by atoms with van der Waals surface area (Å²) in [6.45, 7) is 5.98. The standard InChI is InChI=1S/C18H23F3N2O2/c1-2-10-23-11-9-15(13-23)12-22-17(24)8-5-14-3-6-16(7-4-14)25-18(19,20)21/h3-8,15H,2,9-13H2,1H3,(H,22,24). The molecule has 25 heavy (non-hydrogen) atoms. The van der Waals surface area contributed by atoms with Crippen molar-refractivity contribution in [3.8, 4) is 5.75 Å². The summed E-state index contributed by atoms with van der Waals surface area (Å²) >= 11 is 0. The molecule has 1 aliphatic rings. The lowest BCUT2D eigenvalue weighted by molar-refractivity contribution is -0.274. The van der Waals surface area contributed by atoms with Gasteiger partial charge in [-0.25, -0.2) is 0 Å². The van der Waals surface area contributed by atoms with Gasteiger partial charge in [0, 0.05) is 19.2 Å². The van der Waals surface area contributed by atoms with Crippen LogP contribution in [0, 0.1) is 5.92 Å². The van der Waals surface area contributed by atoms with Crippen molar-refractivity contribution in [1.29, 1.82) is 0 Å². The molecular weight excluding hydrogens is 333 g/mol. The van der Waals surface area contributed by atoms with E-state index in [2.05, 4.69) is 21.9 Å². The van der Waals surface area contributed by atoms with Crippen LogP contribution in [0.4, 0.5) is 13.2 Å². The highest BCUT2D eigenvalue weighted by atomic mass is 19.4. The van der Waals surface area contributed by atoms with E-state index in [9.17, 15) is 18.0 Å². The molecule has 1 atom stereocenters. The highest BCUT2D eigenvalue weighted by molar-refractivity contribution is 5.91. The minimum absolute atomic E-state index is 0.204. The van der Waals surface area contributed by atoms with Crippen LogP contribution in [0.15, 0.2) is 30.3 Å². The Bertz CT molecular complexity index is 585. The third-order valence-electron chi connectivity index (χ3n) is 4.02. The van der Waals surface area contributed by atoms with E-state index in [1.807, 2.05) is 0 Å². The van der Waals surface area contributed by atoms with Gasteiger partial charge >= 0.3 is 6.36 Å². The molecule has 7 heteroatoms. The minimum Gasteiger partial charge on any atom is -0.406 e. The van der Waals surface area contributed by atoms with Gasteiger partial charge < -0.3 is 15.0 Å². The highest BCUT2D eigenvalue weighted by Gasteiger charge is 2.30. The van der Waals surface area contributed by atoms with E-state index in [0.717, 1.165) is 32.5 Å². The zero-order chi connectivity index (χ0) is 18.3. The van der Waals surface area contributed by atoms with E-state index in [1.54, 1.807) is 6.08 Å². The Morgan fingerprint density at radius 1 is 1.36 bits per heavy atom. The summed E-state index contributed by atoms with van der Waals surface area (Å²) in [7, 11) is 0. The number of rotatable bonds is 7. The minimum atomic E-state index is -4.70. The molecule has 1 aromatic carbocycles. The van der Waals surface area contributed by atoms with Crippen molar-refractivity contribution < 1.29 is 22.7 Å². The average molecular weight is 356 g/mol. The lowest BCUT2D eigenvalue weighted by Gasteiger charge is -2.14. The second-order valence-corrected chi connectivity index (χ2v) is 6.15. The van der Waals surface area contributed by atoms with Crippen LogP contribution in [0.1, 0.15) is 25.3 Å². The number of alkyl halides is 3. The van der Waals surface area contributed by atoms with Gasteiger partial charge in [0.25, 0.3) is 0 Å². The number of nitrogens with zero attached hydrogens (tertiary/aromatic N) is 1. The lowest BCUT2D eigenvalue weighted by Crippen LogP contribution is -2.30. The van der Waals surface area contributed by atoms with E-state index >= 15 is 0 Å². The van der Waals surface area contributed by atoms with Crippen molar-refractivity contribution in [1.82, 2.24) is 10.2 Å². The number of ether oxygens (including phenoxy) is 1. The predicted octanol–water partition coefficient (Wildman–Crippen LogP) is 3.45. The molecule has 0 aromatic heterocycles. The Balaban J connectivity index is 1.75. The van der Waals surface area contributed by atoms with Crippen LogP contribution in [0.2, 0.25) is 0 Å². The molecule has 1 N–H and O–H groups in total. The number of benzene rings is 1. The molecule has 2 rings (SSSR count). The number of amides is 1. The fourth-order valence-electron chi connectivity index (χ4n) is 2.86. The average Bonchev–Trinajstić information content (AvgIpc) is 2.99. The van der Waals surface area contributed by atoms with Crippen LogP contribution in [0.25, 0.3) is 6.08 Å². The largest absolute Gasteiger partial charge is 0.573 e. The van der Waals surface area contributed by atoms with Gasteiger partial charge in [0.2, 0.25) is 5.91 Å². The summed E-state index contributed by atoms with van der Waals surface area (Å²) in [5.41, 5.74) is 0.625. The number of hydrogen-bond acceptors (Lipinski definition) is 3. The Morgan fingerprint density at radius 2 is 2.08 bits per heavy atom. The Morgan fingerprint density at radius 3 is 2.72 bits per heavy atom. The van der Waals surface area contributed by atoms with Crippen molar-refractivity contribution in [2.45, 2.75) is 26.1 Å². The third-order valence-corrected chi connectivity index (χ3v) is 4.02. The van der Waals surface area contributed by atoms with Crippen LogP contribution in [-0.2, 0) is 4.79 Å². The first-order valence-corrected chi connectivity index (χ1v) is 8.40. The number of likely N-dealkylation sites (tertiary alicyclic amines) is 1. The Kier molecular flexibility index (Phi) is 6.87. The monoisotopic (exact) mass is 356 g/mol. The molecule has 1 fully saturated rings. The molecule has 0 bridgehead atoms. The van der Waals surface area contributed by atoms with E-state index in [4.69, 9.17) is 0 Å². The number of halogens is 3. The van der Waals surface area contributed by atoms with Crippen molar-refractivity contribution in [2.24, 2.45) is 5.92 Å². The Labute approximate surface area is 145 Å². The van der Waals surface area contributed by atoms with Gasteiger partial charge in [-0.2, -0.15) is 0 Å². The summed E-state index contributed by atoms with van der Waals surface area (Å²) in [5.74, 6) is -0.0146. The maximum atomic E-state index is 12.1. The molecule has 0 radical (unpaired) electrons. The molecule has 1 heterocycles. The Hall–Kier alpha value is -2.02. The van der Waals surface area contributed by atoms with Gasteiger partial charge in [-0.3, -0.25) is 4.79 Å². The first-order valence-electron chi connectivity index (χ1n) is 8.40. The van der Waals surface area contributed by atoms with Gasteiger partial charge in [0.15, 0.2) is 0 Å². The van der Waals surface area contributed by atoms with Gasteiger partial charge in [-0.15, -0.1) is 13.2 Å². The molecule has 1 aliphatic heterocycles. The van der Waals surface area contributed by atoms with Gasteiger partial charge in [0.1, 0.15) is 5.75 Å². The van der Waals surface area contributed by atoms with Crippen molar-refractivity contribution >= 4 is 12.0 Å². The number of carbonyl (C=O) groups excluding carboxylic acids is 1. The molecule has 1 aromatic rings. The van der Waals surface area contributed by atoms with Crippen LogP contribution in [0.5, 0.6) is 5.75 Å². The lowest BCUT2D eigenvalue weighted by atomic mass is 10.1. The summed E-state index contributed by atoms with van der Waals surface area (Å²) in [5, 5.41) is 2.87. The second-order valence-electron chi connectivity index (χ2n) is 6.15. The topological polar surface area (TPSA) is 41.6 Å². The van der Waals surface area contributed by atoms with Gasteiger partial charge in [-0.05, 0) is 55.6 Å². The molecule has 1 unspecified atom stereocenters. The van der Waals surface area contributed by atoms with E-state index < -0.39 is 6.36 Å². The van der Waals surface area contributed by atoms with Crippen LogP contribution in [0.3, 0.4) is 0 Å². The fourth-order valence-corrected chi connectivity index (χ4v) is 2.86. The highest BCUT2D eigenvalue weighted by Crippen LogP contribution is 2.23. The van der Waals surface area contributed by atoms with Crippen LogP contribution in [-0.4, -0.2) is 43.3 Å². The van der Waals surface area contributed by atoms with Crippen LogP contribution < -0.4 is 10.1 Å². The smallest absolute Gasteiger partial charge is 0.406 e. The summed E-state index contributed by atoms with van der Waals surface area (Å²) in [6.07, 6.45) is 0.465. The molecule has 138 valence electrons. The summed E-state index contributed by atoms with van der Waals surface area (Å²) in [4.78, 5) is 14.2. The summed E-state index contributed by atoms with van der Waals surface area (Å²) < 4.78 is 40.0. The number of nitrogens with one attached hydrogen (secondary N) is 1. The molecule has 0 aliphatic carbocycles. The normalized spacial score (nSPS) is 18.6. The predicted molar refractivity (Wildman–Crippen MR) is 90.0 cm³/mol. The summed E-state index contributed by atoms with van der Waals surface area (Å²) in [6, 6.07) is 5.35. The van der Waals surface area contributed by atoms with Gasteiger partial charge in [-0.1, -0.05) is 19.1 Å². The fraction of sp³-hybridized carbons (Fsp3) is 0.500. The maximum absolute atomic E-state index is 12.1. The number of carbonyl (C=O) groups is 1. The molecule has 1 saturated heterocycles. The zero-order valence-corrected chi connectivity index (χ0v) is 14.2. The van der Waals surface area contributed by atoms with E-state index in [-0.39, 0.29) is 11.7 Å². The molecule has 4 nitrogen and oxygen atoms in total. The first-order chi connectivity index (χ1) is 11.9. The second kappa shape index (κ2) is 8.89. The van der Waals surface area contributed by atoms with Crippen LogP contribution >= 0.6 is 0 Å². The quantitative estimate of drug-likeness (QED) is 0.761. The molecule has 1 amide bonds. The third kappa shape index (κ3) is 7.17.